The second kappa shape index (κ2) is 8.95. The third-order valence-electron chi connectivity index (χ3n) is 3.47. The normalized spacial score (nSPS) is 11.1. The molecule has 0 aromatic heterocycles. The number of nitro benzene ring substituents is 1. The Labute approximate surface area is 175 Å². The van der Waals surface area contributed by atoms with Crippen LogP contribution in [-0.2, 0) is 19.6 Å². The van der Waals surface area contributed by atoms with Crippen LogP contribution in [0, 0.1) is 10.1 Å². The van der Waals surface area contributed by atoms with Gasteiger partial charge in [0.2, 0.25) is 0 Å². The van der Waals surface area contributed by atoms with Gasteiger partial charge < -0.3 is 4.74 Å². The highest BCUT2D eigenvalue weighted by molar-refractivity contribution is 7.92. The number of sulfonamides is 1. The van der Waals surface area contributed by atoms with Crippen molar-refractivity contribution in [2.75, 3.05) is 17.5 Å². The van der Waals surface area contributed by atoms with Crippen molar-refractivity contribution in [2.45, 2.75) is 11.8 Å². The molecule has 0 amide bonds. The molecule has 0 spiro atoms. The molecule has 0 aliphatic rings. The number of hydrogen-bond acceptors (Lipinski definition) is 6. The summed E-state index contributed by atoms with van der Waals surface area (Å²) in [7, 11) is -4.39. The molecule has 0 radical (unpaired) electrons. The van der Waals surface area contributed by atoms with Gasteiger partial charge in [-0.05, 0) is 31.2 Å². The Bertz CT molecular complexity index is 1030. The molecule has 0 saturated carbocycles. The smallest absolute Gasteiger partial charge is 0.326 e. The van der Waals surface area contributed by atoms with Gasteiger partial charge >= 0.3 is 5.97 Å². The predicted molar refractivity (Wildman–Crippen MR) is 106 cm³/mol. The van der Waals surface area contributed by atoms with E-state index in [-0.39, 0.29) is 32.3 Å². The summed E-state index contributed by atoms with van der Waals surface area (Å²) in [5.74, 6) is -0.867. The summed E-state index contributed by atoms with van der Waals surface area (Å²) in [6, 6.07) is 6.79. The van der Waals surface area contributed by atoms with Crippen LogP contribution in [0.15, 0.2) is 41.3 Å². The summed E-state index contributed by atoms with van der Waals surface area (Å²) in [6.45, 7) is 0.815. The fourth-order valence-electron chi connectivity index (χ4n) is 2.19. The third kappa shape index (κ3) is 4.85. The molecule has 0 bridgehead atoms. The van der Waals surface area contributed by atoms with E-state index in [1.165, 1.54) is 12.1 Å². The zero-order valence-corrected chi connectivity index (χ0v) is 17.3. The second-order valence-corrected chi connectivity index (χ2v) is 8.37. The average molecular weight is 468 g/mol. The van der Waals surface area contributed by atoms with Crippen LogP contribution in [0.5, 0.6) is 0 Å². The van der Waals surface area contributed by atoms with Crippen molar-refractivity contribution < 1.29 is 22.9 Å². The summed E-state index contributed by atoms with van der Waals surface area (Å²) in [4.78, 5) is 22.1. The van der Waals surface area contributed by atoms with Crippen LogP contribution in [0.1, 0.15) is 6.92 Å². The Hall–Kier alpha value is -2.07. The molecule has 28 heavy (non-hydrogen) atoms. The van der Waals surface area contributed by atoms with Gasteiger partial charge in [-0.15, -0.1) is 0 Å². The lowest BCUT2D eigenvalue weighted by Gasteiger charge is -2.24. The first-order valence-corrected chi connectivity index (χ1v) is 10.2. The Kier molecular flexibility index (Phi) is 7.11. The van der Waals surface area contributed by atoms with Gasteiger partial charge in [0.15, 0.2) is 0 Å². The van der Waals surface area contributed by atoms with Crippen molar-refractivity contribution in [3.05, 3.63) is 61.6 Å². The van der Waals surface area contributed by atoms with E-state index < -0.39 is 33.1 Å². The van der Waals surface area contributed by atoms with Crippen molar-refractivity contribution in [1.29, 1.82) is 0 Å². The van der Waals surface area contributed by atoms with Gasteiger partial charge in [-0.3, -0.25) is 19.2 Å². The number of anilines is 1. The number of esters is 1. The Morgan fingerprint density at radius 2 is 1.75 bits per heavy atom. The number of rotatable bonds is 7. The van der Waals surface area contributed by atoms with E-state index in [2.05, 4.69) is 0 Å². The van der Waals surface area contributed by atoms with E-state index in [4.69, 9.17) is 39.5 Å². The molecule has 2 aromatic rings. The molecule has 0 atom stereocenters. The van der Waals surface area contributed by atoms with Crippen molar-refractivity contribution in [2.24, 2.45) is 0 Å². The second-order valence-electron chi connectivity index (χ2n) is 5.29. The molecule has 0 aliphatic carbocycles. The summed E-state index contributed by atoms with van der Waals surface area (Å²) >= 11 is 17.8. The van der Waals surface area contributed by atoms with E-state index in [0.717, 1.165) is 24.3 Å². The molecule has 2 rings (SSSR count). The number of halogens is 3. The zero-order valence-electron chi connectivity index (χ0n) is 14.3. The minimum Gasteiger partial charge on any atom is -0.465 e. The minimum atomic E-state index is -4.39. The first-order chi connectivity index (χ1) is 13.1. The molecule has 0 unspecified atom stereocenters. The molecular formula is C16H13Cl3N2O6S. The lowest BCUT2D eigenvalue weighted by Crippen LogP contribution is -2.37. The third-order valence-corrected chi connectivity index (χ3v) is 6.28. The number of benzene rings is 2. The Balaban J connectivity index is 2.65. The molecule has 0 N–H and O–H groups in total. The van der Waals surface area contributed by atoms with Crippen molar-refractivity contribution in [3.8, 4) is 0 Å². The van der Waals surface area contributed by atoms with Crippen LogP contribution in [0.2, 0.25) is 15.1 Å². The van der Waals surface area contributed by atoms with Gasteiger partial charge in [-0.1, -0.05) is 34.8 Å². The van der Waals surface area contributed by atoms with E-state index >= 15 is 0 Å². The van der Waals surface area contributed by atoms with Gasteiger partial charge in [-0.25, -0.2) is 8.42 Å². The molecule has 2 aromatic carbocycles. The van der Waals surface area contributed by atoms with Crippen LogP contribution in [0.4, 0.5) is 11.4 Å². The molecule has 0 aliphatic heterocycles. The maximum absolute atomic E-state index is 13.2. The largest absolute Gasteiger partial charge is 0.465 e. The lowest BCUT2D eigenvalue weighted by molar-refractivity contribution is -0.384. The van der Waals surface area contributed by atoms with E-state index in [0.29, 0.717) is 4.31 Å². The van der Waals surface area contributed by atoms with Gasteiger partial charge in [-0.2, -0.15) is 0 Å². The number of nitro groups is 1. The van der Waals surface area contributed by atoms with Crippen molar-refractivity contribution in [3.63, 3.8) is 0 Å². The quantitative estimate of drug-likeness (QED) is 0.341. The maximum Gasteiger partial charge on any atom is 0.326 e. The number of hydrogen-bond donors (Lipinski definition) is 0. The maximum atomic E-state index is 13.2. The first kappa shape index (κ1) is 22.2. The van der Waals surface area contributed by atoms with E-state index in [1.54, 1.807) is 6.92 Å². The summed E-state index contributed by atoms with van der Waals surface area (Å²) in [5, 5.41) is 11.1. The van der Waals surface area contributed by atoms with Gasteiger partial charge in [0.1, 0.15) is 6.54 Å². The topological polar surface area (TPSA) is 107 Å². The molecule has 0 fully saturated rings. The van der Waals surface area contributed by atoms with Gasteiger partial charge in [0.25, 0.3) is 15.7 Å². The lowest BCUT2D eigenvalue weighted by atomic mass is 10.3. The van der Waals surface area contributed by atoms with Crippen LogP contribution in [-0.4, -0.2) is 32.5 Å². The minimum absolute atomic E-state index is 0.0160. The molecular weight excluding hydrogens is 455 g/mol. The number of carbonyl (C=O) groups is 1. The number of carbonyl (C=O) groups excluding carboxylic acids is 1. The van der Waals surface area contributed by atoms with E-state index in [1.807, 2.05) is 0 Å². The predicted octanol–water partition coefficient (Wildman–Crippen LogP) is 4.31. The number of non-ortho nitro benzene ring substituents is 1. The average Bonchev–Trinajstić information content (AvgIpc) is 2.62. The molecule has 0 heterocycles. The summed E-state index contributed by atoms with van der Waals surface area (Å²) in [5.41, 5.74) is -0.660. The van der Waals surface area contributed by atoms with Crippen LogP contribution >= 0.6 is 34.8 Å². The van der Waals surface area contributed by atoms with Crippen LogP contribution in [0.25, 0.3) is 0 Å². The molecule has 150 valence electrons. The number of nitrogens with zero attached hydrogens (tertiary/aromatic N) is 2. The monoisotopic (exact) mass is 466 g/mol. The molecule has 0 saturated heterocycles. The Morgan fingerprint density at radius 1 is 1.11 bits per heavy atom. The molecule has 12 heteroatoms. The summed E-state index contributed by atoms with van der Waals surface area (Å²) in [6.07, 6.45) is 0. The molecule has 8 nitrogen and oxygen atoms in total. The van der Waals surface area contributed by atoms with Gasteiger partial charge in [0.05, 0.1) is 37.2 Å². The van der Waals surface area contributed by atoms with Crippen LogP contribution in [0.3, 0.4) is 0 Å². The van der Waals surface area contributed by atoms with E-state index in [9.17, 15) is 23.3 Å². The van der Waals surface area contributed by atoms with Crippen molar-refractivity contribution >= 4 is 62.2 Å². The summed E-state index contributed by atoms with van der Waals surface area (Å²) < 4.78 is 31.8. The Morgan fingerprint density at radius 3 is 2.32 bits per heavy atom. The highest BCUT2D eigenvalue weighted by Gasteiger charge is 2.31. The number of ether oxygens (including phenoxy) is 1. The first-order valence-electron chi connectivity index (χ1n) is 7.65. The SMILES string of the molecule is CCOC(=O)CN(c1cc([N+](=O)[O-])ccc1Cl)S(=O)(=O)c1ccc(Cl)c(Cl)c1. The van der Waals surface area contributed by atoms with Gasteiger partial charge in [0, 0.05) is 12.1 Å². The van der Waals surface area contributed by atoms with Crippen molar-refractivity contribution in [1.82, 2.24) is 0 Å². The zero-order chi connectivity index (χ0) is 21.1. The fourth-order valence-corrected chi connectivity index (χ4v) is 4.27. The fraction of sp³-hybridized carbons (Fsp3) is 0.188. The van der Waals surface area contributed by atoms with Crippen LogP contribution < -0.4 is 4.31 Å². The highest BCUT2D eigenvalue weighted by atomic mass is 35.5. The standard InChI is InChI=1S/C16H13Cl3N2O6S/c1-2-27-16(22)9-20(15-7-10(21(23)24)3-5-13(15)18)28(25,26)11-4-6-12(17)14(19)8-11/h3-8H,2,9H2,1H3. The highest BCUT2D eigenvalue weighted by Crippen LogP contribution is 2.35.